The van der Waals surface area contributed by atoms with Crippen LogP contribution in [0.3, 0.4) is 0 Å². The third kappa shape index (κ3) is 2.73. The van der Waals surface area contributed by atoms with Crippen molar-refractivity contribution in [3.8, 4) is 0 Å². The average Bonchev–Trinajstić information content (AvgIpc) is 2.88. The van der Waals surface area contributed by atoms with Crippen LogP contribution < -0.4 is 11.1 Å². The molecule has 1 aliphatic carbocycles. The van der Waals surface area contributed by atoms with E-state index in [-0.39, 0.29) is 0 Å². The molecule has 0 bridgehead atoms. The van der Waals surface area contributed by atoms with Crippen molar-refractivity contribution in [3.63, 3.8) is 0 Å². The molecule has 4 heteroatoms. The van der Waals surface area contributed by atoms with Gasteiger partial charge in [-0.3, -0.25) is 0 Å². The van der Waals surface area contributed by atoms with Gasteiger partial charge in [0.2, 0.25) is 0 Å². The van der Waals surface area contributed by atoms with Crippen LogP contribution in [0.4, 0.5) is 6.01 Å². The van der Waals surface area contributed by atoms with Gasteiger partial charge in [-0.05, 0) is 43.4 Å². The minimum Gasteiger partial charge on any atom is -0.424 e. The van der Waals surface area contributed by atoms with Gasteiger partial charge in [0.1, 0.15) is 5.52 Å². The normalized spacial score (nSPS) is 23.6. The summed E-state index contributed by atoms with van der Waals surface area (Å²) in [5.41, 5.74) is 7.60. The molecule has 1 aromatic heterocycles. The molecule has 102 valence electrons. The third-order valence-corrected chi connectivity index (χ3v) is 4.18. The number of rotatable bonds is 4. The van der Waals surface area contributed by atoms with E-state index < -0.39 is 0 Å². The number of hydrogen-bond acceptors (Lipinski definition) is 4. The van der Waals surface area contributed by atoms with Crippen molar-refractivity contribution < 1.29 is 4.42 Å². The van der Waals surface area contributed by atoms with Gasteiger partial charge in [0.05, 0.1) is 0 Å². The lowest BCUT2D eigenvalue weighted by Gasteiger charge is -2.30. The number of benzene rings is 1. The van der Waals surface area contributed by atoms with E-state index in [0.717, 1.165) is 24.2 Å². The zero-order valence-electron chi connectivity index (χ0n) is 11.1. The van der Waals surface area contributed by atoms with E-state index in [4.69, 9.17) is 10.2 Å². The zero-order chi connectivity index (χ0) is 13.1. The molecule has 19 heavy (non-hydrogen) atoms. The summed E-state index contributed by atoms with van der Waals surface area (Å²) in [4.78, 5) is 4.44. The summed E-state index contributed by atoms with van der Waals surface area (Å²) in [5, 5.41) is 3.33. The second kappa shape index (κ2) is 5.61. The first-order valence-corrected chi connectivity index (χ1v) is 7.16. The minimum atomic E-state index is 0.627. The smallest absolute Gasteiger partial charge is 0.295 e. The number of nitrogens with one attached hydrogen (secondary N) is 1. The van der Waals surface area contributed by atoms with E-state index in [1.54, 1.807) is 0 Å². The van der Waals surface area contributed by atoms with Crippen molar-refractivity contribution >= 4 is 17.1 Å². The largest absolute Gasteiger partial charge is 0.424 e. The molecule has 1 heterocycles. The van der Waals surface area contributed by atoms with Crippen molar-refractivity contribution in [1.29, 1.82) is 0 Å². The molecule has 0 radical (unpaired) electrons. The van der Waals surface area contributed by atoms with E-state index in [2.05, 4.69) is 10.3 Å². The Hall–Kier alpha value is -1.55. The highest BCUT2D eigenvalue weighted by Crippen LogP contribution is 2.29. The standard InChI is InChI=1S/C15H21N3O/c16-9-11-5-1-2-6-12(11)10-17-15-18-13-7-3-4-8-14(13)19-15/h3-4,7-8,11-12H,1-2,5-6,9-10,16H2,(H,17,18). The molecule has 1 aromatic carbocycles. The summed E-state index contributed by atoms with van der Waals surface area (Å²) in [7, 11) is 0. The number of nitrogens with zero attached hydrogens (tertiary/aromatic N) is 1. The highest BCUT2D eigenvalue weighted by molar-refractivity contribution is 5.74. The van der Waals surface area contributed by atoms with Crippen molar-refractivity contribution in [2.45, 2.75) is 25.7 Å². The molecule has 1 saturated carbocycles. The van der Waals surface area contributed by atoms with Crippen LogP contribution in [0.2, 0.25) is 0 Å². The van der Waals surface area contributed by atoms with Gasteiger partial charge in [0, 0.05) is 6.54 Å². The summed E-state index contributed by atoms with van der Waals surface area (Å²) < 4.78 is 5.67. The Morgan fingerprint density at radius 2 is 2.00 bits per heavy atom. The molecule has 2 aromatic rings. The predicted octanol–water partition coefficient (Wildman–Crippen LogP) is 3.00. The van der Waals surface area contributed by atoms with Crippen LogP contribution in [0.15, 0.2) is 28.7 Å². The van der Waals surface area contributed by atoms with Crippen LogP contribution in [-0.2, 0) is 0 Å². The second-order valence-electron chi connectivity index (χ2n) is 5.41. The number of fused-ring (bicyclic) bond motifs is 1. The fourth-order valence-corrected chi connectivity index (χ4v) is 3.03. The van der Waals surface area contributed by atoms with E-state index >= 15 is 0 Å². The Morgan fingerprint density at radius 3 is 2.79 bits per heavy atom. The molecule has 3 N–H and O–H groups in total. The number of aromatic nitrogens is 1. The summed E-state index contributed by atoms with van der Waals surface area (Å²) >= 11 is 0. The molecule has 1 aliphatic rings. The van der Waals surface area contributed by atoms with Crippen molar-refractivity contribution in [2.24, 2.45) is 17.6 Å². The maximum Gasteiger partial charge on any atom is 0.295 e. The number of anilines is 1. The number of hydrogen-bond donors (Lipinski definition) is 2. The number of nitrogens with two attached hydrogens (primary N) is 1. The topological polar surface area (TPSA) is 64.1 Å². The Labute approximate surface area is 113 Å². The number of oxazole rings is 1. The summed E-state index contributed by atoms with van der Waals surface area (Å²) in [6.07, 6.45) is 5.16. The highest BCUT2D eigenvalue weighted by atomic mass is 16.4. The maximum atomic E-state index is 5.86. The molecule has 1 fully saturated rings. The lowest BCUT2D eigenvalue weighted by Crippen LogP contribution is -2.31. The van der Waals surface area contributed by atoms with E-state index in [0.29, 0.717) is 17.9 Å². The van der Waals surface area contributed by atoms with E-state index in [1.807, 2.05) is 24.3 Å². The van der Waals surface area contributed by atoms with E-state index in [9.17, 15) is 0 Å². The highest BCUT2D eigenvalue weighted by Gasteiger charge is 2.24. The SMILES string of the molecule is NCC1CCCCC1CNc1nc2ccccc2o1. The van der Waals surface area contributed by atoms with Crippen LogP contribution in [0.25, 0.3) is 11.1 Å². The molecule has 0 spiro atoms. The van der Waals surface area contributed by atoms with Crippen LogP contribution in [0.1, 0.15) is 25.7 Å². The van der Waals surface area contributed by atoms with Gasteiger partial charge in [-0.1, -0.05) is 25.0 Å². The Morgan fingerprint density at radius 1 is 1.21 bits per heavy atom. The van der Waals surface area contributed by atoms with Crippen molar-refractivity contribution in [1.82, 2.24) is 4.98 Å². The Kier molecular flexibility index (Phi) is 3.69. The van der Waals surface area contributed by atoms with Crippen LogP contribution in [0, 0.1) is 11.8 Å². The molecule has 0 saturated heterocycles. The van der Waals surface area contributed by atoms with Gasteiger partial charge >= 0.3 is 0 Å². The predicted molar refractivity (Wildman–Crippen MR) is 77.0 cm³/mol. The first-order valence-electron chi connectivity index (χ1n) is 7.16. The molecule has 0 aliphatic heterocycles. The van der Waals surface area contributed by atoms with Crippen LogP contribution in [-0.4, -0.2) is 18.1 Å². The van der Waals surface area contributed by atoms with Crippen LogP contribution >= 0.6 is 0 Å². The molecular formula is C15H21N3O. The molecule has 2 unspecified atom stereocenters. The van der Waals surface area contributed by atoms with Gasteiger partial charge < -0.3 is 15.5 Å². The van der Waals surface area contributed by atoms with Crippen molar-refractivity contribution in [2.75, 3.05) is 18.4 Å². The monoisotopic (exact) mass is 259 g/mol. The van der Waals surface area contributed by atoms with Gasteiger partial charge in [-0.2, -0.15) is 4.98 Å². The molecule has 3 rings (SSSR count). The van der Waals surface area contributed by atoms with Crippen molar-refractivity contribution in [3.05, 3.63) is 24.3 Å². The second-order valence-corrected chi connectivity index (χ2v) is 5.41. The maximum absolute atomic E-state index is 5.86. The zero-order valence-corrected chi connectivity index (χ0v) is 11.1. The first kappa shape index (κ1) is 12.5. The minimum absolute atomic E-state index is 0.627. The van der Waals surface area contributed by atoms with Gasteiger partial charge in [0.25, 0.3) is 6.01 Å². The van der Waals surface area contributed by atoms with Crippen LogP contribution in [0.5, 0.6) is 0 Å². The lowest BCUT2D eigenvalue weighted by atomic mass is 9.79. The summed E-state index contributed by atoms with van der Waals surface area (Å²) in [6.45, 7) is 1.70. The molecule has 0 amide bonds. The Balaban J connectivity index is 1.64. The fourth-order valence-electron chi connectivity index (χ4n) is 3.03. The summed E-state index contributed by atoms with van der Waals surface area (Å²) in [6, 6.07) is 8.47. The molecular weight excluding hydrogens is 238 g/mol. The summed E-state index contributed by atoms with van der Waals surface area (Å²) in [5.74, 6) is 1.29. The quantitative estimate of drug-likeness (QED) is 0.886. The number of para-hydroxylation sites is 2. The van der Waals surface area contributed by atoms with E-state index in [1.165, 1.54) is 25.7 Å². The Bertz CT molecular complexity index is 504. The third-order valence-electron chi connectivity index (χ3n) is 4.18. The average molecular weight is 259 g/mol. The first-order chi connectivity index (χ1) is 9.36. The van der Waals surface area contributed by atoms with Gasteiger partial charge in [-0.25, -0.2) is 0 Å². The molecule has 4 nitrogen and oxygen atoms in total. The van der Waals surface area contributed by atoms with Gasteiger partial charge in [0.15, 0.2) is 5.58 Å². The lowest BCUT2D eigenvalue weighted by molar-refractivity contribution is 0.254. The fraction of sp³-hybridized carbons (Fsp3) is 0.533. The molecule has 2 atom stereocenters. The van der Waals surface area contributed by atoms with Gasteiger partial charge in [-0.15, -0.1) is 0 Å².